The number of amides is 5. The lowest BCUT2D eigenvalue weighted by Gasteiger charge is -2.29. The van der Waals surface area contributed by atoms with Crippen LogP contribution in [0.1, 0.15) is 84.0 Å². The van der Waals surface area contributed by atoms with Gasteiger partial charge in [0.2, 0.25) is 17.7 Å². The maximum Gasteiger partial charge on any atom is 0.270 e. The summed E-state index contributed by atoms with van der Waals surface area (Å²) in [6, 6.07) is 16.5. The van der Waals surface area contributed by atoms with Gasteiger partial charge in [-0.05, 0) is 66.6 Å². The molecule has 0 saturated carbocycles. The molecule has 0 radical (unpaired) electrons. The molecule has 0 spiro atoms. The summed E-state index contributed by atoms with van der Waals surface area (Å²) in [6.45, 7) is 10.0. The van der Waals surface area contributed by atoms with Crippen molar-refractivity contribution in [2.75, 3.05) is 13.1 Å². The Bertz CT molecular complexity index is 2500. The van der Waals surface area contributed by atoms with Crippen molar-refractivity contribution in [1.29, 1.82) is 0 Å². The number of benzene rings is 2. The molecule has 0 aliphatic carbocycles. The SMILES string of the molecule is CCc1nc(-c2cccc3cc(-c4ccc(C(=O)NC/C(C)=C(\C)c5cccc6c5CN(C5CCC(=O)NC5=O)C6=O)nc4)ncc23)c2n1CCN(C(C)=O)C2. The van der Waals surface area contributed by atoms with Gasteiger partial charge in [0.05, 0.1) is 23.6 Å². The monoisotopic (exact) mass is 750 g/mol. The number of rotatable bonds is 8. The lowest BCUT2D eigenvalue weighted by molar-refractivity contribution is -0.137. The van der Waals surface area contributed by atoms with Gasteiger partial charge in [0.25, 0.3) is 11.8 Å². The number of nitrogens with one attached hydrogen (secondary N) is 2. The third-order valence-electron chi connectivity index (χ3n) is 11.3. The first-order chi connectivity index (χ1) is 27.0. The van der Waals surface area contributed by atoms with Gasteiger partial charge in [-0.2, -0.15) is 0 Å². The minimum atomic E-state index is -0.691. The van der Waals surface area contributed by atoms with E-state index in [1.165, 1.54) is 0 Å². The number of fused-ring (bicyclic) bond motifs is 3. The molecule has 0 bridgehead atoms. The highest BCUT2D eigenvalue weighted by Gasteiger charge is 2.40. The highest BCUT2D eigenvalue weighted by Crippen LogP contribution is 2.36. The molecule has 13 heteroatoms. The molecule has 1 unspecified atom stereocenters. The Morgan fingerprint density at radius 2 is 1.73 bits per heavy atom. The topological polar surface area (TPSA) is 159 Å². The van der Waals surface area contributed by atoms with E-state index in [0.29, 0.717) is 25.1 Å². The quantitative estimate of drug-likeness (QED) is 0.208. The van der Waals surface area contributed by atoms with Crippen LogP contribution in [-0.2, 0) is 40.4 Å². The van der Waals surface area contributed by atoms with Crippen molar-refractivity contribution in [3.63, 3.8) is 0 Å². The normalized spacial score (nSPS) is 17.1. The summed E-state index contributed by atoms with van der Waals surface area (Å²) in [5.41, 5.74) is 8.72. The lowest BCUT2D eigenvalue weighted by Crippen LogP contribution is -2.52. The molecule has 8 rings (SSSR count). The fourth-order valence-corrected chi connectivity index (χ4v) is 8.02. The van der Waals surface area contributed by atoms with Gasteiger partial charge in [0.15, 0.2) is 0 Å². The third kappa shape index (κ3) is 6.52. The van der Waals surface area contributed by atoms with E-state index < -0.39 is 11.9 Å². The number of nitrogens with zero attached hydrogens (tertiary/aromatic N) is 6. The number of allylic oxidation sites excluding steroid dienone is 1. The molecule has 3 aromatic heterocycles. The van der Waals surface area contributed by atoms with E-state index in [2.05, 4.69) is 33.2 Å². The predicted octanol–water partition coefficient (Wildman–Crippen LogP) is 5.07. The van der Waals surface area contributed by atoms with Crippen LogP contribution in [0, 0.1) is 0 Å². The lowest BCUT2D eigenvalue weighted by atomic mass is 9.95. The third-order valence-corrected chi connectivity index (χ3v) is 11.3. The van der Waals surface area contributed by atoms with E-state index in [4.69, 9.17) is 9.97 Å². The standard InChI is InChI=1S/C43H42N8O5/c1-5-38-47-40(37-23-49(26(4)52)16-17-50(37)38)30-10-6-8-27-18-35(45-21-32(27)30)28-12-13-34(44-20-28)41(54)46-19-24(2)25(3)29-9-7-11-31-33(29)22-51(43(31)56)36-14-15-39(53)48-42(36)55/h6-13,18,20-21,36H,5,14-17,19,22-23H2,1-4H3,(H,46,54)(H,48,53,55)/b25-24+. The number of aromatic nitrogens is 4. The number of piperidine rings is 1. The molecule has 2 N–H and O–H groups in total. The highest BCUT2D eigenvalue weighted by atomic mass is 16.2. The average Bonchev–Trinajstić information content (AvgIpc) is 3.75. The summed E-state index contributed by atoms with van der Waals surface area (Å²) in [6.07, 6.45) is 4.79. The van der Waals surface area contributed by atoms with Gasteiger partial charge in [-0.15, -0.1) is 0 Å². The number of pyridine rings is 2. The summed E-state index contributed by atoms with van der Waals surface area (Å²) in [4.78, 5) is 80.7. The molecule has 13 nitrogen and oxygen atoms in total. The first-order valence-corrected chi connectivity index (χ1v) is 18.9. The van der Waals surface area contributed by atoms with Crippen molar-refractivity contribution in [2.24, 2.45) is 0 Å². The Morgan fingerprint density at radius 1 is 0.929 bits per heavy atom. The van der Waals surface area contributed by atoms with E-state index in [9.17, 15) is 24.0 Å². The zero-order valence-corrected chi connectivity index (χ0v) is 31.8. The van der Waals surface area contributed by atoms with Gasteiger partial charge in [-0.25, -0.2) is 4.98 Å². The number of carbonyl (C=O) groups excluding carboxylic acids is 5. The summed E-state index contributed by atoms with van der Waals surface area (Å²) < 4.78 is 2.25. The molecule has 2 aromatic carbocycles. The molecule has 284 valence electrons. The number of hydrogen-bond donors (Lipinski definition) is 2. The Balaban J connectivity index is 0.963. The summed E-state index contributed by atoms with van der Waals surface area (Å²) >= 11 is 0. The zero-order valence-electron chi connectivity index (χ0n) is 31.8. The van der Waals surface area contributed by atoms with Gasteiger partial charge >= 0.3 is 0 Å². The summed E-state index contributed by atoms with van der Waals surface area (Å²) in [5, 5.41) is 7.27. The minimum absolute atomic E-state index is 0.0538. The van der Waals surface area contributed by atoms with Gasteiger partial charge in [-0.3, -0.25) is 39.3 Å². The first kappa shape index (κ1) is 36.5. The van der Waals surface area contributed by atoms with E-state index >= 15 is 0 Å². The second-order valence-corrected chi connectivity index (χ2v) is 14.6. The maximum absolute atomic E-state index is 13.3. The number of imide groups is 1. The Morgan fingerprint density at radius 3 is 2.48 bits per heavy atom. The van der Waals surface area contributed by atoms with Crippen LogP contribution < -0.4 is 10.6 Å². The molecule has 1 atom stereocenters. The van der Waals surface area contributed by atoms with E-state index in [-0.39, 0.29) is 48.8 Å². The molecular formula is C43H42N8O5. The van der Waals surface area contributed by atoms with Crippen LogP contribution >= 0.6 is 0 Å². The van der Waals surface area contributed by atoms with E-state index in [1.807, 2.05) is 61.3 Å². The van der Waals surface area contributed by atoms with Crippen LogP contribution in [0.2, 0.25) is 0 Å². The smallest absolute Gasteiger partial charge is 0.270 e. The van der Waals surface area contributed by atoms with Crippen molar-refractivity contribution >= 4 is 45.9 Å². The average molecular weight is 751 g/mol. The van der Waals surface area contributed by atoms with Crippen LogP contribution in [-0.4, -0.2) is 78.0 Å². The molecule has 5 amide bonds. The number of hydrogen-bond acceptors (Lipinski definition) is 8. The number of aryl methyl sites for hydroxylation is 1. The van der Waals surface area contributed by atoms with Crippen LogP contribution in [0.3, 0.4) is 0 Å². The largest absolute Gasteiger partial charge is 0.347 e. The van der Waals surface area contributed by atoms with Crippen molar-refractivity contribution in [3.8, 4) is 22.5 Å². The van der Waals surface area contributed by atoms with Gasteiger partial charge in [-0.1, -0.05) is 42.8 Å². The van der Waals surface area contributed by atoms with Crippen molar-refractivity contribution in [1.82, 2.24) is 40.0 Å². The van der Waals surface area contributed by atoms with Crippen molar-refractivity contribution in [3.05, 3.63) is 106 Å². The van der Waals surface area contributed by atoms with Crippen molar-refractivity contribution < 1.29 is 24.0 Å². The molecule has 1 fully saturated rings. The van der Waals surface area contributed by atoms with Crippen LogP contribution in [0.15, 0.2) is 72.6 Å². The number of imidazole rings is 1. The second-order valence-electron chi connectivity index (χ2n) is 14.6. The molecular weight excluding hydrogens is 709 g/mol. The highest BCUT2D eigenvalue weighted by molar-refractivity contribution is 6.06. The fourth-order valence-electron chi connectivity index (χ4n) is 8.02. The predicted molar refractivity (Wildman–Crippen MR) is 210 cm³/mol. The van der Waals surface area contributed by atoms with Gasteiger partial charge < -0.3 is 19.7 Å². The van der Waals surface area contributed by atoms with Crippen LogP contribution in [0.25, 0.3) is 38.9 Å². The molecule has 3 aliphatic rings. The van der Waals surface area contributed by atoms with Crippen molar-refractivity contribution in [2.45, 2.75) is 72.6 Å². The van der Waals surface area contributed by atoms with Gasteiger partial charge in [0.1, 0.15) is 17.6 Å². The Labute approximate surface area is 323 Å². The summed E-state index contributed by atoms with van der Waals surface area (Å²) in [5.74, 6) is -0.259. The van der Waals surface area contributed by atoms with E-state index in [0.717, 1.165) is 80.0 Å². The number of carbonyl (C=O) groups is 5. The molecule has 6 heterocycles. The Hall–Kier alpha value is -6.50. The zero-order chi connectivity index (χ0) is 39.2. The van der Waals surface area contributed by atoms with E-state index in [1.54, 1.807) is 30.2 Å². The summed E-state index contributed by atoms with van der Waals surface area (Å²) in [7, 11) is 0. The second kappa shape index (κ2) is 14.6. The van der Waals surface area contributed by atoms with Crippen LogP contribution in [0.4, 0.5) is 0 Å². The molecule has 5 aromatic rings. The van der Waals surface area contributed by atoms with Crippen LogP contribution in [0.5, 0.6) is 0 Å². The molecule has 3 aliphatic heterocycles. The first-order valence-electron chi connectivity index (χ1n) is 18.9. The molecule has 1 saturated heterocycles. The minimum Gasteiger partial charge on any atom is -0.347 e. The van der Waals surface area contributed by atoms with Gasteiger partial charge in [0, 0.05) is 80.4 Å². The Kier molecular flexibility index (Phi) is 9.53. The molecule has 56 heavy (non-hydrogen) atoms. The maximum atomic E-state index is 13.3. The fraction of sp³-hybridized carbons (Fsp3) is 0.302.